The van der Waals surface area contributed by atoms with Crippen molar-refractivity contribution in [1.82, 2.24) is 0 Å². The summed E-state index contributed by atoms with van der Waals surface area (Å²) in [5, 5.41) is 1.11. The van der Waals surface area contributed by atoms with Crippen molar-refractivity contribution in [1.29, 1.82) is 0 Å². The second-order valence-electron chi connectivity index (χ2n) is 2.92. The third-order valence-electron chi connectivity index (χ3n) is 2.09. The average Bonchev–Trinajstić information content (AvgIpc) is 2.75. The van der Waals surface area contributed by atoms with Gasteiger partial charge in [-0.25, -0.2) is 0 Å². The van der Waals surface area contributed by atoms with Gasteiger partial charge in [-0.3, -0.25) is 0 Å². The van der Waals surface area contributed by atoms with Crippen LogP contribution in [-0.2, 0) is 0 Å². The molecule has 2 aromatic carbocycles. The summed E-state index contributed by atoms with van der Waals surface area (Å²) in [6.45, 7) is 0. The molecule has 1 heterocycles. The van der Waals surface area contributed by atoms with E-state index in [1.807, 2.05) is 6.07 Å². The quantitative estimate of drug-likeness (QED) is 0.579. The molecule has 0 radical (unpaired) electrons. The molecule has 0 atom stereocenters. The number of rotatable bonds is 0. The highest BCUT2D eigenvalue weighted by Gasteiger charge is 2.07. The Morgan fingerprint density at radius 3 is 2.93 bits per heavy atom. The molecule has 0 fully saturated rings. The van der Waals surface area contributed by atoms with Crippen LogP contribution in [-0.4, -0.2) is 0 Å². The number of benzene rings is 2. The molecule has 0 amide bonds. The summed E-state index contributed by atoms with van der Waals surface area (Å²) in [4.78, 5) is 0. The van der Waals surface area contributed by atoms with E-state index in [2.05, 4.69) is 15.9 Å². The maximum Gasteiger partial charge on any atom is 0.149 e. The number of furan rings is 1. The zero-order valence-corrected chi connectivity index (χ0v) is 8.60. The lowest BCUT2D eigenvalue weighted by Crippen LogP contribution is -1.66. The lowest BCUT2D eigenvalue weighted by atomic mass is 10.2. The number of hydrogen-bond donors (Lipinski definition) is 0. The first kappa shape index (κ1) is 4.99. The minimum absolute atomic E-state index is 0.0668. The molecule has 0 saturated heterocycles. The molecule has 1 nitrogen and oxygen atoms in total. The number of hydrogen-bond acceptors (Lipinski definition) is 1. The van der Waals surface area contributed by atoms with Crippen molar-refractivity contribution >= 4 is 37.9 Å². The van der Waals surface area contributed by atoms with Crippen LogP contribution in [0.5, 0.6) is 0 Å². The Morgan fingerprint density at radius 1 is 1.14 bits per heavy atom. The van der Waals surface area contributed by atoms with Crippen molar-refractivity contribution in [3.05, 3.63) is 46.8 Å². The fourth-order valence-corrected chi connectivity index (χ4v) is 1.93. The largest absolute Gasteiger partial charge is 0.455 e. The van der Waals surface area contributed by atoms with E-state index >= 15 is 0 Å². The van der Waals surface area contributed by atoms with Crippen molar-refractivity contribution in [3.63, 3.8) is 0 Å². The summed E-state index contributed by atoms with van der Waals surface area (Å²) in [6, 6.07) is 4.67. The summed E-state index contributed by atoms with van der Waals surface area (Å²) < 4.78 is 37.4. The SMILES string of the molecule is [2H]c1c([2H])c([2H])c2c(oc3c(Br)cccc32)c1[2H]. The molecule has 68 valence electrons. The molecule has 2 heteroatoms. The Hall–Kier alpha value is -1.28. The van der Waals surface area contributed by atoms with Crippen molar-refractivity contribution in [2.24, 2.45) is 0 Å². The van der Waals surface area contributed by atoms with Gasteiger partial charge in [0.25, 0.3) is 0 Å². The lowest BCUT2D eigenvalue weighted by Gasteiger charge is -1.89. The highest BCUT2D eigenvalue weighted by molar-refractivity contribution is 9.10. The Balaban J connectivity index is 2.67. The van der Waals surface area contributed by atoms with Gasteiger partial charge in [0.1, 0.15) is 11.2 Å². The van der Waals surface area contributed by atoms with Crippen LogP contribution in [0.15, 0.2) is 51.3 Å². The molecule has 0 N–H and O–H groups in total. The van der Waals surface area contributed by atoms with Gasteiger partial charge in [-0.05, 0) is 28.0 Å². The van der Waals surface area contributed by atoms with Crippen molar-refractivity contribution < 1.29 is 9.90 Å². The molecule has 0 aliphatic carbocycles. The molecular formula is C12H7BrO. The number of para-hydroxylation sites is 2. The van der Waals surface area contributed by atoms with Crippen LogP contribution in [0.3, 0.4) is 0 Å². The van der Waals surface area contributed by atoms with Crippen LogP contribution in [0.2, 0.25) is 0 Å². The second-order valence-corrected chi connectivity index (χ2v) is 3.78. The van der Waals surface area contributed by atoms with E-state index in [4.69, 9.17) is 9.90 Å². The molecule has 0 bridgehead atoms. The molecule has 0 unspecified atom stereocenters. The summed E-state index contributed by atoms with van der Waals surface area (Å²) >= 11 is 3.35. The van der Waals surface area contributed by atoms with Gasteiger partial charge in [-0.15, -0.1) is 0 Å². The molecule has 0 spiro atoms. The maximum absolute atomic E-state index is 7.93. The molecule has 14 heavy (non-hydrogen) atoms. The van der Waals surface area contributed by atoms with Gasteiger partial charge >= 0.3 is 0 Å². The van der Waals surface area contributed by atoms with Crippen LogP contribution < -0.4 is 0 Å². The van der Waals surface area contributed by atoms with Gasteiger partial charge in [-0.1, -0.05) is 30.3 Å². The zero-order chi connectivity index (χ0) is 13.0. The summed E-state index contributed by atoms with van der Waals surface area (Å²) in [6.07, 6.45) is 0. The Morgan fingerprint density at radius 2 is 2.00 bits per heavy atom. The van der Waals surface area contributed by atoms with E-state index in [1.54, 1.807) is 12.1 Å². The summed E-state index contributed by atoms with van der Waals surface area (Å²) in [5.41, 5.74) is 0.738. The van der Waals surface area contributed by atoms with Crippen molar-refractivity contribution in [3.8, 4) is 0 Å². The first-order valence-electron chi connectivity index (χ1n) is 6.09. The van der Waals surface area contributed by atoms with E-state index in [9.17, 15) is 0 Å². The predicted molar refractivity (Wildman–Crippen MR) is 61.4 cm³/mol. The normalized spacial score (nSPS) is 15.2. The van der Waals surface area contributed by atoms with E-state index in [-0.39, 0.29) is 29.8 Å². The highest BCUT2D eigenvalue weighted by Crippen LogP contribution is 2.32. The first-order chi connectivity index (χ1) is 8.52. The van der Waals surface area contributed by atoms with Gasteiger partial charge in [0, 0.05) is 10.8 Å². The highest BCUT2D eigenvalue weighted by atomic mass is 79.9. The molecule has 1 aromatic heterocycles. The van der Waals surface area contributed by atoms with Crippen LogP contribution in [0.25, 0.3) is 21.9 Å². The van der Waals surface area contributed by atoms with Gasteiger partial charge in [0.2, 0.25) is 0 Å². The molecule has 0 saturated carbocycles. The smallest absolute Gasteiger partial charge is 0.149 e. The second kappa shape index (κ2) is 2.85. The Bertz CT molecular complexity index is 794. The monoisotopic (exact) mass is 250 g/mol. The standard InChI is InChI=1S/C12H7BrO/c13-10-6-3-5-9-8-4-1-2-7-11(8)14-12(9)10/h1-7H/i1D,2D,4D,7D. The average molecular weight is 251 g/mol. The van der Waals surface area contributed by atoms with Crippen molar-refractivity contribution in [2.45, 2.75) is 0 Å². The Labute approximate surface area is 95.1 Å². The fourth-order valence-electron chi connectivity index (χ4n) is 1.48. The maximum atomic E-state index is 7.93. The third kappa shape index (κ3) is 1.01. The van der Waals surface area contributed by atoms with E-state index in [0.717, 1.165) is 4.47 Å². The molecule has 0 aliphatic rings. The van der Waals surface area contributed by atoms with Gasteiger partial charge in [0.05, 0.1) is 9.96 Å². The number of fused-ring (bicyclic) bond motifs is 3. The molecular weight excluding hydrogens is 240 g/mol. The minimum atomic E-state index is -0.275. The zero-order valence-electron chi connectivity index (χ0n) is 11.0. The molecule has 3 aromatic rings. The van der Waals surface area contributed by atoms with Gasteiger partial charge in [0.15, 0.2) is 0 Å². The fraction of sp³-hybridized carbons (Fsp3) is 0. The van der Waals surface area contributed by atoms with E-state index in [1.165, 1.54) is 0 Å². The van der Waals surface area contributed by atoms with Crippen LogP contribution >= 0.6 is 15.9 Å². The van der Waals surface area contributed by atoms with Crippen molar-refractivity contribution in [2.75, 3.05) is 0 Å². The van der Waals surface area contributed by atoms with Gasteiger partial charge in [-0.2, -0.15) is 0 Å². The van der Waals surface area contributed by atoms with Gasteiger partial charge < -0.3 is 4.42 Å². The predicted octanol–water partition coefficient (Wildman–Crippen LogP) is 4.35. The van der Waals surface area contributed by atoms with E-state index < -0.39 is 0 Å². The Kier molecular flexibility index (Phi) is 1.02. The molecule has 3 rings (SSSR count). The van der Waals surface area contributed by atoms with Crippen LogP contribution in [0, 0.1) is 0 Å². The minimum Gasteiger partial charge on any atom is -0.455 e. The lowest BCUT2D eigenvalue weighted by molar-refractivity contribution is 0.667. The van der Waals surface area contributed by atoms with Crippen LogP contribution in [0.4, 0.5) is 0 Å². The van der Waals surface area contributed by atoms with E-state index in [0.29, 0.717) is 16.4 Å². The van der Waals surface area contributed by atoms with Crippen LogP contribution in [0.1, 0.15) is 5.48 Å². The summed E-state index contributed by atoms with van der Waals surface area (Å²) in [7, 11) is 0. The third-order valence-corrected chi connectivity index (χ3v) is 2.72. The topological polar surface area (TPSA) is 13.1 Å². The first-order valence-corrected chi connectivity index (χ1v) is 4.88. The summed E-state index contributed by atoms with van der Waals surface area (Å²) in [5.74, 6) is 0. The number of halogens is 1. The molecule has 0 aliphatic heterocycles.